The van der Waals surface area contributed by atoms with Crippen molar-refractivity contribution in [2.75, 3.05) is 5.32 Å². The third kappa shape index (κ3) is 4.52. The Labute approximate surface area is 111 Å². The maximum Gasteiger partial charge on any atom is 0.162 e. The van der Waals surface area contributed by atoms with Crippen LogP contribution in [0.25, 0.3) is 0 Å². The standard InChI is InChI=1S/C16H25NO/c1-5-12(3)11-13(4)17-15-9-7-14(8-10-15)16(18)6-2/h7-10,12-13,17H,5-6,11H2,1-4H3. The van der Waals surface area contributed by atoms with E-state index < -0.39 is 0 Å². The minimum Gasteiger partial charge on any atom is -0.383 e. The Morgan fingerprint density at radius 1 is 1.17 bits per heavy atom. The first kappa shape index (κ1) is 14.7. The number of rotatable bonds is 7. The van der Waals surface area contributed by atoms with E-state index in [0.717, 1.165) is 17.2 Å². The van der Waals surface area contributed by atoms with E-state index in [-0.39, 0.29) is 5.78 Å². The molecule has 1 N–H and O–H groups in total. The van der Waals surface area contributed by atoms with Gasteiger partial charge < -0.3 is 5.32 Å². The van der Waals surface area contributed by atoms with Crippen LogP contribution in [0.2, 0.25) is 0 Å². The number of hydrogen-bond donors (Lipinski definition) is 1. The highest BCUT2D eigenvalue weighted by atomic mass is 16.1. The molecular formula is C16H25NO. The van der Waals surface area contributed by atoms with E-state index in [0.29, 0.717) is 12.5 Å². The lowest BCUT2D eigenvalue weighted by Gasteiger charge is -2.18. The fourth-order valence-corrected chi connectivity index (χ4v) is 2.07. The van der Waals surface area contributed by atoms with E-state index in [1.165, 1.54) is 12.8 Å². The molecule has 0 amide bonds. The number of hydrogen-bond acceptors (Lipinski definition) is 2. The van der Waals surface area contributed by atoms with Crippen molar-refractivity contribution in [2.45, 2.75) is 53.0 Å². The van der Waals surface area contributed by atoms with Gasteiger partial charge in [0.25, 0.3) is 0 Å². The summed E-state index contributed by atoms with van der Waals surface area (Å²) in [5.74, 6) is 0.947. The number of benzene rings is 1. The molecule has 0 radical (unpaired) electrons. The number of anilines is 1. The highest BCUT2D eigenvalue weighted by molar-refractivity contribution is 5.96. The van der Waals surface area contributed by atoms with Crippen LogP contribution in [0.15, 0.2) is 24.3 Å². The van der Waals surface area contributed by atoms with Gasteiger partial charge in [0.2, 0.25) is 0 Å². The van der Waals surface area contributed by atoms with Gasteiger partial charge in [-0.3, -0.25) is 4.79 Å². The first-order chi connectivity index (χ1) is 8.56. The molecule has 2 nitrogen and oxygen atoms in total. The van der Waals surface area contributed by atoms with Crippen LogP contribution >= 0.6 is 0 Å². The number of nitrogens with one attached hydrogen (secondary N) is 1. The fourth-order valence-electron chi connectivity index (χ4n) is 2.07. The van der Waals surface area contributed by atoms with Crippen molar-refractivity contribution in [3.63, 3.8) is 0 Å². The van der Waals surface area contributed by atoms with E-state index in [9.17, 15) is 4.79 Å². The molecule has 2 heteroatoms. The van der Waals surface area contributed by atoms with Crippen LogP contribution in [0, 0.1) is 5.92 Å². The van der Waals surface area contributed by atoms with Crippen LogP contribution in [0.3, 0.4) is 0 Å². The maximum atomic E-state index is 11.5. The van der Waals surface area contributed by atoms with Crippen molar-refractivity contribution in [3.8, 4) is 0 Å². The van der Waals surface area contributed by atoms with Gasteiger partial charge in [0.05, 0.1) is 0 Å². The quantitative estimate of drug-likeness (QED) is 0.718. The molecule has 0 saturated carbocycles. The second-order valence-corrected chi connectivity index (χ2v) is 5.15. The SMILES string of the molecule is CCC(=O)c1ccc(NC(C)CC(C)CC)cc1. The predicted molar refractivity (Wildman–Crippen MR) is 78.2 cm³/mol. The predicted octanol–water partition coefficient (Wildman–Crippen LogP) is 4.52. The average molecular weight is 247 g/mol. The average Bonchev–Trinajstić information content (AvgIpc) is 2.38. The molecule has 2 atom stereocenters. The molecule has 18 heavy (non-hydrogen) atoms. The van der Waals surface area contributed by atoms with Crippen LogP contribution < -0.4 is 5.32 Å². The van der Waals surface area contributed by atoms with E-state index in [1.54, 1.807) is 0 Å². The largest absolute Gasteiger partial charge is 0.383 e. The summed E-state index contributed by atoms with van der Waals surface area (Å²) in [6, 6.07) is 8.27. The van der Waals surface area contributed by atoms with Crippen LogP contribution in [0.5, 0.6) is 0 Å². The summed E-state index contributed by atoms with van der Waals surface area (Å²) in [4.78, 5) is 11.5. The minimum atomic E-state index is 0.203. The molecule has 2 unspecified atom stereocenters. The Bertz CT molecular complexity index is 369. The zero-order valence-electron chi connectivity index (χ0n) is 12.0. The highest BCUT2D eigenvalue weighted by Gasteiger charge is 2.07. The van der Waals surface area contributed by atoms with Crippen molar-refractivity contribution in [2.24, 2.45) is 5.92 Å². The lowest BCUT2D eigenvalue weighted by molar-refractivity contribution is 0.0988. The molecule has 0 aliphatic rings. The summed E-state index contributed by atoms with van der Waals surface area (Å²) in [6.45, 7) is 8.60. The van der Waals surface area contributed by atoms with Crippen LogP contribution in [-0.4, -0.2) is 11.8 Å². The Kier molecular flexibility index (Phi) is 5.90. The topological polar surface area (TPSA) is 29.1 Å². The molecule has 0 aliphatic carbocycles. The number of carbonyl (C=O) groups is 1. The molecule has 0 heterocycles. The van der Waals surface area contributed by atoms with Gasteiger partial charge in [-0.15, -0.1) is 0 Å². The maximum absolute atomic E-state index is 11.5. The molecule has 0 bridgehead atoms. The Morgan fingerprint density at radius 2 is 1.78 bits per heavy atom. The first-order valence-electron chi connectivity index (χ1n) is 6.96. The van der Waals surface area contributed by atoms with Gasteiger partial charge in [-0.2, -0.15) is 0 Å². The Balaban J connectivity index is 2.55. The summed E-state index contributed by atoms with van der Waals surface area (Å²) in [5.41, 5.74) is 1.90. The summed E-state index contributed by atoms with van der Waals surface area (Å²) >= 11 is 0. The van der Waals surface area contributed by atoms with Gasteiger partial charge in [-0.05, 0) is 43.5 Å². The van der Waals surface area contributed by atoms with Gasteiger partial charge in [0.1, 0.15) is 0 Å². The molecule has 0 aliphatic heterocycles. The number of carbonyl (C=O) groups excluding carboxylic acids is 1. The zero-order chi connectivity index (χ0) is 13.5. The summed E-state index contributed by atoms with van der Waals surface area (Å²) in [7, 11) is 0. The Morgan fingerprint density at radius 3 is 2.28 bits per heavy atom. The van der Waals surface area contributed by atoms with Gasteiger partial charge in [0, 0.05) is 23.7 Å². The van der Waals surface area contributed by atoms with Gasteiger partial charge in [-0.25, -0.2) is 0 Å². The molecule has 1 aromatic rings. The lowest BCUT2D eigenvalue weighted by atomic mass is 10.00. The van der Waals surface area contributed by atoms with Crippen molar-refractivity contribution in [3.05, 3.63) is 29.8 Å². The molecule has 0 saturated heterocycles. The number of ketones is 1. The van der Waals surface area contributed by atoms with E-state index in [2.05, 4.69) is 26.1 Å². The molecule has 1 rings (SSSR count). The van der Waals surface area contributed by atoms with Crippen LogP contribution in [0.4, 0.5) is 5.69 Å². The molecule has 0 fully saturated rings. The molecular weight excluding hydrogens is 222 g/mol. The van der Waals surface area contributed by atoms with Crippen molar-refractivity contribution < 1.29 is 4.79 Å². The van der Waals surface area contributed by atoms with Crippen molar-refractivity contribution in [1.82, 2.24) is 0 Å². The van der Waals surface area contributed by atoms with Crippen LogP contribution in [-0.2, 0) is 0 Å². The highest BCUT2D eigenvalue weighted by Crippen LogP contribution is 2.16. The third-order valence-corrected chi connectivity index (χ3v) is 3.39. The first-order valence-corrected chi connectivity index (χ1v) is 6.96. The summed E-state index contributed by atoms with van der Waals surface area (Å²) < 4.78 is 0. The molecule has 0 aromatic heterocycles. The number of Topliss-reactive ketones (excluding diaryl/α,β-unsaturated/α-hetero) is 1. The minimum absolute atomic E-state index is 0.203. The van der Waals surface area contributed by atoms with Gasteiger partial charge >= 0.3 is 0 Å². The van der Waals surface area contributed by atoms with Gasteiger partial charge in [-0.1, -0.05) is 27.2 Å². The van der Waals surface area contributed by atoms with Crippen LogP contribution in [0.1, 0.15) is 57.3 Å². The van der Waals surface area contributed by atoms with E-state index in [4.69, 9.17) is 0 Å². The van der Waals surface area contributed by atoms with Crippen molar-refractivity contribution in [1.29, 1.82) is 0 Å². The third-order valence-electron chi connectivity index (χ3n) is 3.39. The molecule has 1 aromatic carbocycles. The molecule has 0 spiro atoms. The Hall–Kier alpha value is -1.31. The summed E-state index contributed by atoms with van der Waals surface area (Å²) in [5, 5.41) is 3.48. The van der Waals surface area contributed by atoms with E-state index in [1.807, 2.05) is 31.2 Å². The second-order valence-electron chi connectivity index (χ2n) is 5.15. The summed E-state index contributed by atoms with van der Waals surface area (Å²) in [6.07, 6.45) is 2.96. The van der Waals surface area contributed by atoms with Gasteiger partial charge in [0.15, 0.2) is 5.78 Å². The fraction of sp³-hybridized carbons (Fsp3) is 0.562. The normalized spacial score (nSPS) is 14.0. The van der Waals surface area contributed by atoms with Crippen molar-refractivity contribution >= 4 is 11.5 Å². The zero-order valence-corrected chi connectivity index (χ0v) is 12.0. The molecule has 100 valence electrons. The smallest absolute Gasteiger partial charge is 0.162 e. The van der Waals surface area contributed by atoms with E-state index >= 15 is 0 Å². The monoisotopic (exact) mass is 247 g/mol. The lowest BCUT2D eigenvalue weighted by Crippen LogP contribution is -2.18. The second kappa shape index (κ2) is 7.20.